The number of amides is 1. The molecule has 0 atom stereocenters. The van der Waals surface area contributed by atoms with Crippen LogP contribution >= 0.6 is 0 Å². The molecule has 0 fully saturated rings. The fourth-order valence-corrected chi connectivity index (χ4v) is 2.68. The molecular formula is C23H19N5O2. The molecule has 0 bridgehead atoms. The van der Waals surface area contributed by atoms with Gasteiger partial charge in [-0.1, -0.05) is 18.2 Å². The summed E-state index contributed by atoms with van der Waals surface area (Å²) in [6, 6.07) is 22.2. The van der Waals surface area contributed by atoms with Crippen LogP contribution in [-0.2, 0) is 6.54 Å². The summed E-state index contributed by atoms with van der Waals surface area (Å²) in [5.41, 5.74) is 2.03. The lowest BCUT2D eigenvalue weighted by atomic mass is 10.2. The smallest absolute Gasteiger partial charge is 0.270 e. The molecule has 4 aromatic rings. The molecule has 0 aliphatic rings. The lowest BCUT2D eigenvalue weighted by Crippen LogP contribution is -2.24. The molecule has 30 heavy (non-hydrogen) atoms. The Bertz CT molecular complexity index is 1100. The molecule has 4 rings (SSSR count). The van der Waals surface area contributed by atoms with Crippen LogP contribution in [0.2, 0.25) is 0 Å². The van der Waals surface area contributed by atoms with Crippen molar-refractivity contribution in [2.24, 2.45) is 0 Å². The van der Waals surface area contributed by atoms with Crippen LogP contribution in [0.1, 0.15) is 16.1 Å². The van der Waals surface area contributed by atoms with Gasteiger partial charge in [0.1, 0.15) is 17.2 Å². The van der Waals surface area contributed by atoms with Crippen LogP contribution in [0.15, 0.2) is 91.4 Å². The van der Waals surface area contributed by atoms with Crippen molar-refractivity contribution in [2.75, 3.05) is 5.32 Å². The van der Waals surface area contributed by atoms with Gasteiger partial charge in [0.05, 0.1) is 0 Å². The number of para-hydroxylation sites is 1. The molecule has 0 saturated carbocycles. The number of benzene rings is 2. The van der Waals surface area contributed by atoms with Gasteiger partial charge in [-0.15, -0.1) is 0 Å². The summed E-state index contributed by atoms with van der Waals surface area (Å²) in [5.74, 6) is 1.55. The van der Waals surface area contributed by atoms with Crippen LogP contribution in [0, 0.1) is 0 Å². The zero-order chi connectivity index (χ0) is 20.6. The summed E-state index contributed by atoms with van der Waals surface area (Å²) in [7, 11) is 0. The first kappa shape index (κ1) is 19.1. The number of hydrogen-bond donors (Lipinski definition) is 2. The number of nitrogens with zero attached hydrogens (tertiary/aromatic N) is 3. The van der Waals surface area contributed by atoms with E-state index in [4.69, 9.17) is 4.74 Å². The molecule has 0 unspecified atom stereocenters. The quantitative estimate of drug-likeness (QED) is 0.482. The van der Waals surface area contributed by atoms with Gasteiger partial charge in [-0.05, 0) is 60.2 Å². The second kappa shape index (κ2) is 9.29. The number of nitrogens with one attached hydrogen (secondary N) is 2. The molecule has 148 valence electrons. The van der Waals surface area contributed by atoms with Gasteiger partial charge < -0.3 is 15.4 Å². The van der Waals surface area contributed by atoms with Gasteiger partial charge in [0.15, 0.2) is 0 Å². The maximum Gasteiger partial charge on any atom is 0.270 e. The molecule has 0 saturated heterocycles. The van der Waals surface area contributed by atoms with Crippen molar-refractivity contribution in [3.8, 4) is 11.5 Å². The van der Waals surface area contributed by atoms with E-state index in [2.05, 4.69) is 25.6 Å². The molecule has 0 spiro atoms. The first-order chi connectivity index (χ1) is 14.8. The second-order valence-electron chi connectivity index (χ2n) is 6.37. The third-order valence-electron chi connectivity index (χ3n) is 4.18. The van der Waals surface area contributed by atoms with Crippen LogP contribution in [0.4, 0.5) is 11.6 Å². The molecule has 2 N–H and O–H groups in total. The van der Waals surface area contributed by atoms with E-state index in [1.807, 2.05) is 66.7 Å². The highest BCUT2D eigenvalue weighted by molar-refractivity contribution is 5.92. The molecule has 1 amide bonds. The summed E-state index contributed by atoms with van der Waals surface area (Å²) in [5, 5.41) is 5.93. The van der Waals surface area contributed by atoms with Crippen molar-refractivity contribution in [1.29, 1.82) is 0 Å². The number of aromatic nitrogens is 3. The number of ether oxygens (including phenoxy) is 1. The Hall–Kier alpha value is -4.26. The SMILES string of the molecule is O=C(NCc1ccncc1)c1ccnc(Nc2ccc(Oc3ccccc3)cc2)n1. The summed E-state index contributed by atoms with van der Waals surface area (Å²) in [6.45, 7) is 0.400. The Morgan fingerprint density at radius 1 is 0.833 bits per heavy atom. The van der Waals surface area contributed by atoms with Gasteiger partial charge in [0.25, 0.3) is 5.91 Å². The van der Waals surface area contributed by atoms with E-state index in [9.17, 15) is 4.79 Å². The minimum absolute atomic E-state index is 0.274. The van der Waals surface area contributed by atoms with Gasteiger partial charge in [0.2, 0.25) is 5.95 Å². The molecule has 0 aliphatic carbocycles. The summed E-state index contributed by atoms with van der Waals surface area (Å²) in [6.07, 6.45) is 4.91. The third-order valence-corrected chi connectivity index (χ3v) is 4.18. The largest absolute Gasteiger partial charge is 0.457 e. The summed E-state index contributed by atoms with van der Waals surface area (Å²) in [4.78, 5) is 24.8. The molecular weight excluding hydrogens is 378 g/mol. The molecule has 2 aromatic heterocycles. The van der Waals surface area contributed by atoms with Gasteiger partial charge >= 0.3 is 0 Å². The zero-order valence-electron chi connectivity index (χ0n) is 16.0. The minimum atomic E-state index is -0.274. The predicted octanol–water partition coefficient (Wildman–Crippen LogP) is 4.34. The van der Waals surface area contributed by atoms with Crippen LogP contribution in [-0.4, -0.2) is 20.9 Å². The van der Waals surface area contributed by atoms with E-state index in [-0.39, 0.29) is 11.6 Å². The number of rotatable bonds is 7. The lowest BCUT2D eigenvalue weighted by molar-refractivity contribution is 0.0946. The van der Waals surface area contributed by atoms with Crippen molar-refractivity contribution in [2.45, 2.75) is 6.54 Å². The Labute approximate surface area is 173 Å². The molecule has 7 heteroatoms. The van der Waals surface area contributed by atoms with Crippen molar-refractivity contribution in [3.05, 3.63) is 103 Å². The highest BCUT2D eigenvalue weighted by Gasteiger charge is 2.09. The number of carbonyl (C=O) groups excluding carboxylic acids is 1. The topological polar surface area (TPSA) is 89.0 Å². The van der Waals surface area contributed by atoms with Crippen LogP contribution < -0.4 is 15.4 Å². The number of anilines is 2. The monoisotopic (exact) mass is 397 g/mol. The van der Waals surface area contributed by atoms with Crippen molar-refractivity contribution < 1.29 is 9.53 Å². The van der Waals surface area contributed by atoms with Gasteiger partial charge in [0, 0.05) is 30.8 Å². The molecule has 0 aliphatic heterocycles. The van der Waals surface area contributed by atoms with Gasteiger partial charge in [-0.3, -0.25) is 9.78 Å². The van der Waals surface area contributed by atoms with E-state index < -0.39 is 0 Å². The minimum Gasteiger partial charge on any atom is -0.457 e. The van der Waals surface area contributed by atoms with E-state index in [1.54, 1.807) is 24.7 Å². The standard InChI is InChI=1S/C23H19N5O2/c29-22(26-16-17-10-13-24-14-11-17)21-12-15-25-23(28-21)27-18-6-8-20(9-7-18)30-19-4-2-1-3-5-19/h1-15H,16H2,(H,26,29)(H,25,27,28). The van der Waals surface area contributed by atoms with Crippen molar-refractivity contribution in [3.63, 3.8) is 0 Å². The Morgan fingerprint density at radius 3 is 2.33 bits per heavy atom. The normalized spacial score (nSPS) is 10.3. The van der Waals surface area contributed by atoms with E-state index in [1.165, 1.54) is 0 Å². The van der Waals surface area contributed by atoms with Crippen molar-refractivity contribution >= 4 is 17.5 Å². The number of carbonyl (C=O) groups is 1. The first-order valence-corrected chi connectivity index (χ1v) is 9.36. The fourth-order valence-electron chi connectivity index (χ4n) is 2.68. The summed E-state index contributed by atoms with van der Waals surface area (Å²) < 4.78 is 5.78. The van der Waals surface area contributed by atoms with Crippen LogP contribution in [0.25, 0.3) is 0 Å². The second-order valence-corrected chi connectivity index (χ2v) is 6.37. The summed E-state index contributed by atoms with van der Waals surface area (Å²) >= 11 is 0. The maximum absolute atomic E-state index is 12.4. The predicted molar refractivity (Wildman–Crippen MR) is 114 cm³/mol. The fraction of sp³-hybridized carbons (Fsp3) is 0.0435. The van der Waals surface area contributed by atoms with Crippen LogP contribution in [0.3, 0.4) is 0 Å². The van der Waals surface area contributed by atoms with Gasteiger partial charge in [-0.25, -0.2) is 9.97 Å². The molecule has 2 aromatic carbocycles. The van der Waals surface area contributed by atoms with E-state index >= 15 is 0 Å². The molecule has 2 heterocycles. The van der Waals surface area contributed by atoms with Gasteiger partial charge in [-0.2, -0.15) is 0 Å². The zero-order valence-corrected chi connectivity index (χ0v) is 16.0. The first-order valence-electron chi connectivity index (χ1n) is 9.36. The highest BCUT2D eigenvalue weighted by atomic mass is 16.5. The maximum atomic E-state index is 12.4. The van der Waals surface area contributed by atoms with E-state index in [0.717, 1.165) is 22.7 Å². The highest BCUT2D eigenvalue weighted by Crippen LogP contribution is 2.23. The van der Waals surface area contributed by atoms with Crippen LogP contribution in [0.5, 0.6) is 11.5 Å². The lowest BCUT2D eigenvalue weighted by Gasteiger charge is -2.09. The average Bonchev–Trinajstić information content (AvgIpc) is 2.80. The van der Waals surface area contributed by atoms with Crippen molar-refractivity contribution in [1.82, 2.24) is 20.3 Å². The molecule has 0 radical (unpaired) electrons. The molecule has 7 nitrogen and oxygen atoms in total. The average molecular weight is 397 g/mol. The third kappa shape index (κ3) is 5.17. The van der Waals surface area contributed by atoms with E-state index in [0.29, 0.717) is 12.5 Å². The Balaban J connectivity index is 1.37. The number of hydrogen-bond acceptors (Lipinski definition) is 6. The Morgan fingerprint density at radius 2 is 1.57 bits per heavy atom. The number of pyridine rings is 1. The Kier molecular flexibility index (Phi) is 5.91.